The average molecular weight is 2000 g/mol. The van der Waals surface area contributed by atoms with Crippen molar-refractivity contribution < 1.29 is 75.4 Å². The number of carbonyl (C=O) groups is 4. The maximum Gasteiger partial charge on any atom is 0.494 e. The molecule has 3 aliphatic carbocycles. The Hall–Kier alpha value is -14.5. The van der Waals surface area contributed by atoms with Gasteiger partial charge in [0.1, 0.15) is 49.4 Å². The summed E-state index contributed by atoms with van der Waals surface area (Å²) in [4.78, 5) is 63.3. The highest BCUT2D eigenvalue weighted by molar-refractivity contribution is 6.63. The number of benzene rings is 9. The van der Waals surface area contributed by atoms with Gasteiger partial charge in [0, 0.05) is 113 Å². The summed E-state index contributed by atoms with van der Waals surface area (Å²) in [6.45, 7) is 38.0. The van der Waals surface area contributed by atoms with Crippen molar-refractivity contribution in [2.24, 2.45) is 37.7 Å². The van der Waals surface area contributed by atoms with Gasteiger partial charge >= 0.3 is 28.5 Å². The molecule has 19 rings (SSSR count). The van der Waals surface area contributed by atoms with E-state index in [-0.39, 0.29) is 76.6 Å². The molecule has 7 fully saturated rings. The number of hydrogen-bond acceptors (Lipinski definition) is 26. The first-order valence-corrected chi connectivity index (χ1v) is 49.6. The second kappa shape index (κ2) is 46.3. The molecule has 0 spiro atoms. The molecule has 4 amide bonds. The van der Waals surface area contributed by atoms with Crippen molar-refractivity contribution in [3.05, 3.63) is 347 Å². The number of ether oxygens (including phenoxy) is 4. The van der Waals surface area contributed by atoms with Crippen LogP contribution in [0.4, 0.5) is 17.1 Å². The number of nitrogens with one attached hydrogen (secondary N) is 4. The van der Waals surface area contributed by atoms with Crippen LogP contribution in [0.5, 0.6) is 23.0 Å². The van der Waals surface area contributed by atoms with E-state index >= 15 is 0 Å². The van der Waals surface area contributed by atoms with E-state index in [2.05, 4.69) is 95.2 Å². The molecule has 4 aliphatic heterocycles. The Morgan fingerprint density at radius 1 is 0.345 bits per heavy atom. The van der Waals surface area contributed by atoms with Crippen molar-refractivity contribution in [1.82, 2.24) is 36.7 Å². The molecule has 34 heteroatoms. The van der Waals surface area contributed by atoms with E-state index < -0.39 is 21.4 Å². The number of carbonyl (C=O) groups excluding carboxylic acids is 4. The third kappa shape index (κ3) is 26.2. The first-order valence-electron chi connectivity index (χ1n) is 49.6. The zero-order chi connectivity index (χ0) is 106. The van der Waals surface area contributed by atoms with Crippen LogP contribution in [0.1, 0.15) is 223 Å². The normalized spacial score (nSPS) is 18.8. The summed E-state index contributed by atoms with van der Waals surface area (Å²) in [5.74, 6) is 2.74. The number of hydrogen-bond donors (Lipinski definition) is 6. The van der Waals surface area contributed by atoms with Gasteiger partial charge in [-0.2, -0.15) is 20.4 Å². The largest absolute Gasteiger partial charge is 0.494 e. The summed E-state index contributed by atoms with van der Waals surface area (Å²) in [5.41, 5.74) is 38.0. The molecule has 3 aromatic heterocycles. The SMILES string of the molecule is C/C(=N\NC(=O)c1ccc(N(C)C)cc1)c1cc(N)ccc1OCc1ccc(B2OC(C)(C)C(C)(C)O2)cc1.C/C(=N\NC(=O)c1ccncc1)c1cc(N)ccc1OCc1ccc(B2OC(C)(C)C(C)(C)O2)cc1.C/C(=N\NC(=O)c1ccncc1)c1ccccc1OCc1ccc(B2OC(C)(C)C(C)(C)O2)cc1.C/C(=N\NC(=O)c1ccncc1)c1ccccc1OCc1ccc(B2OC3CC4CC(C3O2)C4(C)C)cc1. The highest BCUT2D eigenvalue weighted by Gasteiger charge is 2.62. The van der Waals surface area contributed by atoms with Gasteiger partial charge in [0.2, 0.25) is 0 Å². The zero-order valence-electron chi connectivity index (χ0n) is 87.7. The second-order valence-corrected chi connectivity index (χ2v) is 41.3. The molecule has 4 atom stereocenters. The van der Waals surface area contributed by atoms with E-state index in [4.69, 9.17) is 67.6 Å². The number of nitrogens with two attached hydrogens (primary N) is 2. The second-order valence-electron chi connectivity index (χ2n) is 41.3. The topological polar surface area (TPSA) is 371 Å². The Bertz CT molecular complexity index is 6740. The average Bonchev–Trinajstić information content (AvgIpc) is 1.48. The van der Waals surface area contributed by atoms with Crippen molar-refractivity contribution in [3.8, 4) is 23.0 Å². The summed E-state index contributed by atoms with van der Waals surface area (Å²) in [7, 11) is 2.40. The standard InChI is InChI=1S/C30H37BN4O4.C30H32BN3O4.C27H31BN4O4.C27H30BN3O4/c1-20(33-34-28(36)22-10-15-25(16-11-22)35(6)7)26-18-24(32)14-17-27(26)37-19-21-8-12-23(13-9-21)31-38-29(2,3)30(4,5)39-31;1-19(33-34-29(35)21-12-14-32-15-13-21)24-6-4-5-7-26(24)36-18-20-8-10-23(11-9-20)31-37-27-17-22-16-25(28(27)38-31)30(22,2)3;1-18(31-32-25(33)20-12-14-30-15-13-20)23-16-22(29)10-11-24(23)34-17-19-6-8-21(9-7-19)28-35-26(2,3)27(4,5)36-28;1-19(30-31-25(32)21-14-16-29-17-15-21)23-8-6-7-9-24(23)33-18-20-10-12-22(13-11-20)28-34-26(2,3)27(4,5)35-28/h8-18H,19,32H2,1-7H3,(H,34,36);4-15,22,25,27-28H,16-18H2,1-3H3,(H,34,35);6-16H,17,29H2,1-5H3,(H,32,33);6-17H,18H2,1-5H3,(H,31,32)/b33-20+;33-19+;31-18+;30-19+. The van der Waals surface area contributed by atoms with Gasteiger partial charge in [0.15, 0.2) is 0 Å². The lowest BCUT2D eigenvalue weighted by atomic mass is 9.47. The highest BCUT2D eigenvalue weighted by atomic mass is 16.7. The van der Waals surface area contributed by atoms with Gasteiger partial charge in [0.25, 0.3) is 23.6 Å². The van der Waals surface area contributed by atoms with E-state index in [1.807, 2.05) is 255 Å². The first kappa shape index (κ1) is 108. The van der Waals surface area contributed by atoms with Crippen molar-refractivity contribution in [2.45, 2.75) is 210 Å². The summed E-state index contributed by atoms with van der Waals surface area (Å²) in [6, 6.07) is 75.4. The van der Waals surface area contributed by atoms with Crippen LogP contribution >= 0.6 is 0 Å². The molecule has 8 N–H and O–H groups in total. The zero-order valence-corrected chi connectivity index (χ0v) is 87.7. The predicted octanol–water partition coefficient (Wildman–Crippen LogP) is 16.5. The van der Waals surface area contributed by atoms with Crippen molar-refractivity contribution in [2.75, 3.05) is 30.5 Å². The van der Waals surface area contributed by atoms with Gasteiger partial charge < -0.3 is 72.5 Å². The minimum atomic E-state index is -0.409. The number of anilines is 3. The number of para-hydroxylation sites is 2. The number of aromatic nitrogens is 3. The molecular weight excluding hydrogens is 1860 g/mol. The maximum absolute atomic E-state index is 12.6. The van der Waals surface area contributed by atoms with Gasteiger partial charge in [-0.1, -0.05) is 135 Å². The lowest BCUT2D eigenvalue weighted by molar-refractivity contribution is -0.150. The van der Waals surface area contributed by atoms with Gasteiger partial charge in [-0.3, -0.25) is 34.1 Å². The number of nitrogen functional groups attached to an aromatic ring is 2. The molecule has 30 nitrogen and oxygen atoms in total. The highest BCUT2D eigenvalue weighted by Crippen LogP contribution is 2.61. The Labute approximate surface area is 868 Å². The molecule has 0 radical (unpaired) electrons. The fourth-order valence-corrected chi connectivity index (χ4v) is 17.3. The molecule has 12 aromatic rings. The predicted molar refractivity (Wildman–Crippen MR) is 582 cm³/mol. The minimum absolute atomic E-state index is 0.207. The summed E-state index contributed by atoms with van der Waals surface area (Å²) in [5, 5.41) is 17.1. The van der Waals surface area contributed by atoms with Crippen LogP contribution in [0.25, 0.3) is 0 Å². The van der Waals surface area contributed by atoms with Crippen LogP contribution in [-0.4, -0.2) is 150 Å². The Balaban J connectivity index is 0.000000148. The van der Waals surface area contributed by atoms with Gasteiger partial charge in [-0.05, 0) is 306 Å². The van der Waals surface area contributed by atoms with Crippen molar-refractivity contribution >= 4 is 114 Å². The number of rotatable bonds is 29. The van der Waals surface area contributed by atoms with Gasteiger partial charge in [0.05, 0.1) is 68.7 Å². The maximum atomic E-state index is 12.6. The Morgan fingerprint density at radius 3 is 0.919 bits per heavy atom. The minimum Gasteiger partial charge on any atom is -0.488 e. The van der Waals surface area contributed by atoms with Crippen LogP contribution < -0.4 is 78.9 Å². The van der Waals surface area contributed by atoms with E-state index in [9.17, 15) is 19.2 Å². The molecule has 7 heterocycles. The van der Waals surface area contributed by atoms with Crippen LogP contribution in [0.3, 0.4) is 0 Å². The molecule has 2 bridgehead atoms. The lowest BCUT2D eigenvalue weighted by Gasteiger charge is -2.60. The van der Waals surface area contributed by atoms with Crippen molar-refractivity contribution in [3.63, 3.8) is 0 Å². The number of nitrogens with zero attached hydrogens (tertiary/aromatic N) is 8. The molecule has 4 saturated heterocycles. The molecule has 148 heavy (non-hydrogen) atoms. The summed E-state index contributed by atoms with van der Waals surface area (Å²) < 4.78 is 74.1. The van der Waals surface area contributed by atoms with Gasteiger partial charge in [-0.15, -0.1) is 0 Å². The quantitative estimate of drug-likeness (QED) is 0.0110. The van der Waals surface area contributed by atoms with E-state index in [0.717, 1.165) is 73.3 Å². The first-order chi connectivity index (χ1) is 70.5. The van der Waals surface area contributed by atoms with Crippen LogP contribution in [0.15, 0.2) is 300 Å². The summed E-state index contributed by atoms with van der Waals surface area (Å²) >= 11 is 0. The smallest absolute Gasteiger partial charge is 0.488 e. The summed E-state index contributed by atoms with van der Waals surface area (Å²) in [6.07, 6.45) is 12.2. The third-order valence-electron chi connectivity index (χ3n) is 28.9. The number of pyridine rings is 3. The van der Waals surface area contributed by atoms with Crippen molar-refractivity contribution in [1.29, 1.82) is 0 Å². The van der Waals surface area contributed by atoms with E-state index in [1.165, 1.54) is 6.42 Å². The Kier molecular flexibility index (Phi) is 33.7. The van der Waals surface area contributed by atoms with Crippen LogP contribution in [0.2, 0.25) is 0 Å². The number of hydrazone groups is 4. The molecular formula is C114H130B4N14O16. The molecule has 4 unspecified atom stereocenters. The third-order valence-corrected chi connectivity index (χ3v) is 28.9. The van der Waals surface area contributed by atoms with Crippen LogP contribution in [-0.2, 0) is 63.7 Å². The number of amides is 4. The molecule has 7 aliphatic rings. The fraction of sp³-hybridized carbons (Fsp3) is 0.325. The lowest BCUT2D eigenvalue weighted by Crippen LogP contribution is -2.59. The molecule has 3 saturated carbocycles. The Morgan fingerprint density at radius 2 is 0.622 bits per heavy atom. The van der Waals surface area contributed by atoms with Gasteiger partial charge in [-0.25, -0.2) is 21.7 Å². The monoisotopic (exact) mass is 2000 g/mol. The molecule has 9 aromatic carbocycles. The van der Waals surface area contributed by atoms with E-state index in [1.54, 1.807) is 130 Å². The van der Waals surface area contributed by atoms with Crippen LogP contribution in [0, 0.1) is 17.3 Å². The van der Waals surface area contributed by atoms with E-state index in [0.29, 0.717) is 128 Å². The fourth-order valence-electron chi connectivity index (χ4n) is 17.3. The molecule has 764 valence electrons.